The molecule has 0 heterocycles. The molecular formula is C13H10BrFN2O3. The first-order chi connectivity index (χ1) is 9.51. The van der Waals surface area contributed by atoms with Gasteiger partial charge in [0.15, 0.2) is 0 Å². The topological polar surface area (TPSA) is 78.4 Å². The van der Waals surface area contributed by atoms with E-state index >= 15 is 0 Å². The highest BCUT2D eigenvalue weighted by molar-refractivity contribution is 9.10. The number of nitro benzene ring substituents is 1. The van der Waals surface area contributed by atoms with Crippen molar-refractivity contribution in [3.63, 3.8) is 0 Å². The van der Waals surface area contributed by atoms with Gasteiger partial charge in [-0.1, -0.05) is 6.07 Å². The van der Waals surface area contributed by atoms with E-state index in [0.717, 1.165) is 17.7 Å². The maximum absolute atomic E-state index is 13.0. The lowest BCUT2D eigenvalue weighted by atomic mass is 10.2. The predicted molar refractivity (Wildman–Crippen MR) is 75.2 cm³/mol. The summed E-state index contributed by atoms with van der Waals surface area (Å²) in [6.45, 7) is 0.371. The van der Waals surface area contributed by atoms with Crippen LogP contribution >= 0.6 is 15.9 Å². The van der Waals surface area contributed by atoms with Gasteiger partial charge in [-0.3, -0.25) is 10.1 Å². The summed E-state index contributed by atoms with van der Waals surface area (Å²) >= 11 is 3.30. The first-order valence-electron chi connectivity index (χ1n) is 5.61. The SMILES string of the molecule is NCc1ccc(Oc2ccc(F)cc2[N+](=O)[O-])c(Br)c1. The summed E-state index contributed by atoms with van der Waals surface area (Å²) in [5.41, 5.74) is 5.97. The Morgan fingerprint density at radius 2 is 1.95 bits per heavy atom. The Bertz CT molecular complexity index is 664. The van der Waals surface area contributed by atoms with Crippen LogP contribution in [0.2, 0.25) is 0 Å². The van der Waals surface area contributed by atoms with Gasteiger partial charge in [0, 0.05) is 6.54 Å². The van der Waals surface area contributed by atoms with E-state index in [1.165, 1.54) is 6.07 Å². The van der Waals surface area contributed by atoms with E-state index in [-0.39, 0.29) is 5.75 Å². The van der Waals surface area contributed by atoms with Crippen LogP contribution < -0.4 is 10.5 Å². The van der Waals surface area contributed by atoms with Crippen LogP contribution in [0.1, 0.15) is 5.56 Å². The predicted octanol–water partition coefficient (Wildman–Crippen LogP) is 3.75. The van der Waals surface area contributed by atoms with Crippen molar-refractivity contribution in [1.82, 2.24) is 0 Å². The number of rotatable bonds is 4. The summed E-state index contributed by atoms with van der Waals surface area (Å²) in [6, 6.07) is 8.28. The molecule has 0 fully saturated rings. The molecule has 0 radical (unpaired) electrons. The summed E-state index contributed by atoms with van der Waals surface area (Å²) in [6.07, 6.45) is 0. The van der Waals surface area contributed by atoms with Crippen molar-refractivity contribution in [1.29, 1.82) is 0 Å². The van der Waals surface area contributed by atoms with E-state index in [2.05, 4.69) is 15.9 Å². The second-order valence-corrected chi connectivity index (χ2v) is 4.79. The lowest BCUT2D eigenvalue weighted by Crippen LogP contribution is -1.97. The molecule has 0 amide bonds. The van der Waals surface area contributed by atoms with Gasteiger partial charge in [-0.05, 0) is 45.8 Å². The third-order valence-corrected chi connectivity index (χ3v) is 3.19. The molecule has 5 nitrogen and oxygen atoms in total. The number of ether oxygens (including phenoxy) is 1. The van der Waals surface area contributed by atoms with Gasteiger partial charge >= 0.3 is 5.69 Å². The fourth-order valence-electron chi connectivity index (χ4n) is 1.59. The largest absolute Gasteiger partial charge is 0.449 e. The van der Waals surface area contributed by atoms with Crippen LogP contribution in [0, 0.1) is 15.9 Å². The van der Waals surface area contributed by atoms with E-state index in [1.807, 2.05) is 0 Å². The summed E-state index contributed by atoms with van der Waals surface area (Å²) in [4.78, 5) is 10.2. The van der Waals surface area contributed by atoms with Crippen LogP contribution in [0.5, 0.6) is 11.5 Å². The molecule has 7 heteroatoms. The average molecular weight is 341 g/mol. The maximum atomic E-state index is 13.0. The minimum Gasteiger partial charge on any atom is -0.449 e. The number of hydrogen-bond acceptors (Lipinski definition) is 4. The Labute approximate surface area is 122 Å². The number of hydrogen-bond donors (Lipinski definition) is 1. The lowest BCUT2D eigenvalue weighted by molar-refractivity contribution is -0.385. The molecule has 0 aliphatic rings. The molecular weight excluding hydrogens is 331 g/mol. The Kier molecular flexibility index (Phi) is 4.31. The zero-order valence-electron chi connectivity index (χ0n) is 10.2. The molecule has 104 valence electrons. The summed E-state index contributed by atoms with van der Waals surface area (Å²) in [5.74, 6) is -0.337. The van der Waals surface area contributed by atoms with Crippen molar-refractivity contribution >= 4 is 21.6 Å². The molecule has 2 N–H and O–H groups in total. The van der Waals surface area contributed by atoms with Gasteiger partial charge < -0.3 is 10.5 Å². The molecule has 0 aliphatic carbocycles. The quantitative estimate of drug-likeness (QED) is 0.679. The molecule has 0 aromatic heterocycles. The Morgan fingerprint density at radius 1 is 1.25 bits per heavy atom. The van der Waals surface area contributed by atoms with Crippen LogP contribution in [-0.4, -0.2) is 4.92 Å². The standard InChI is InChI=1S/C13H10BrFN2O3/c14-10-5-8(7-16)1-3-12(10)20-13-4-2-9(15)6-11(13)17(18)19/h1-6H,7,16H2. The zero-order chi connectivity index (χ0) is 14.7. The van der Waals surface area contributed by atoms with Crippen molar-refractivity contribution in [2.45, 2.75) is 6.54 Å². The fraction of sp³-hybridized carbons (Fsp3) is 0.0769. The zero-order valence-corrected chi connectivity index (χ0v) is 11.8. The highest BCUT2D eigenvalue weighted by atomic mass is 79.9. The molecule has 2 aromatic rings. The van der Waals surface area contributed by atoms with E-state index in [0.29, 0.717) is 16.8 Å². The molecule has 2 rings (SSSR count). The minimum atomic E-state index is -0.694. The average Bonchev–Trinajstić information content (AvgIpc) is 2.42. The van der Waals surface area contributed by atoms with Gasteiger partial charge in [0.25, 0.3) is 0 Å². The Hall–Kier alpha value is -1.99. The van der Waals surface area contributed by atoms with E-state index in [9.17, 15) is 14.5 Å². The smallest absolute Gasteiger partial charge is 0.314 e. The van der Waals surface area contributed by atoms with Crippen molar-refractivity contribution < 1.29 is 14.1 Å². The van der Waals surface area contributed by atoms with Crippen LogP contribution in [0.4, 0.5) is 10.1 Å². The highest BCUT2D eigenvalue weighted by Crippen LogP contribution is 2.35. The third kappa shape index (κ3) is 3.12. The molecule has 2 aromatic carbocycles. The summed E-state index contributed by atoms with van der Waals surface area (Å²) in [7, 11) is 0. The first-order valence-corrected chi connectivity index (χ1v) is 6.41. The third-order valence-electron chi connectivity index (χ3n) is 2.57. The monoisotopic (exact) mass is 340 g/mol. The van der Waals surface area contributed by atoms with Gasteiger partial charge in [-0.25, -0.2) is 4.39 Å². The number of halogens is 2. The van der Waals surface area contributed by atoms with Gasteiger partial charge in [-0.2, -0.15) is 0 Å². The lowest BCUT2D eigenvalue weighted by Gasteiger charge is -2.09. The first kappa shape index (κ1) is 14.4. The maximum Gasteiger partial charge on any atom is 0.314 e. The molecule has 0 saturated heterocycles. The van der Waals surface area contributed by atoms with Gasteiger partial charge in [0.1, 0.15) is 11.6 Å². The number of nitro groups is 1. The van der Waals surface area contributed by atoms with Crippen LogP contribution in [0.25, 0.3) is 0 Å². The molecule has 20 heavy (non-hydrogen) atoms. The number of benzene rings is 2. The number of nitrogens with two attached hydrogens (primary N) is 1. The Balaban J connectivity index is 2.37. The summed E-state index contributed by atoms with van der Waals surface area (Å²) < 4.78 is 19.1. The van der Waals surface area contributed by atoms with E-state index < -0.39 is 16.4 Å². The molecule has 0 unspecified atom stereocenters. The van der Waals surface area contributed by atoms with E-state index in [4.69, 9.17) is 10.5 Å². The molecule has 0 aliphatic heterocycles. The van der Waals surface area contributed by atoms with E-state index in [1.54, 1.807) is 18.2 Å². The number of nitrogens with zero attached hydrogens (tertiary/aromatic N) is 1. The Morgan fingerprint density at radius 3 is 2.55 bits per heavy atom. The molecule has 0 atom stereocenters. The van der Waals surface area contributed by atoms with Crippen LogP contribution in [0.3, 0.4) is 0 Å². The van der Waals surface area contributed by atoms with Crippen molar-refractivity contribution in [2.75, 3.05) is 0 Å². The fourth-order valence-corrected chi connectivity index (χ4v) is 2.10. The molecule has 0 saturated carbocycles. The summed E-state index contributed by atoms with van der Waals surface area (Å²) in [5, 5.41) is 10.9. The second-order valence-electron chi connectivity index (χ2n) is 3.94. The molecule has 0 bridgehead atoms. The van der Waals surface area contributed by atoms with Gasteiger partial charge in [-0.15, -0.1) is 0 Å². The second kappa shape index (κ2) is 5.98. The van der Waals surface area contributed by atoms with Gasteiger partial charge in [0.05, 0.1) is 15.5 Å². The van der Waals surface area contributed by atoms with Crippen molar-refractivity contribution in [3.05, 3.63) is 62.4 Å². The van der Waals surface area contributed by atoms with Gasteiger partial charge in [0.2, 0.25) is 5.75 Å². The van der Waals surface area contributed by atoms with Crippen LogP contribution in [0.15, 0.2) is 40.9 Å². The normalized spacial score (nSPS) is 10.3. The minimum absolute atomic E-state index is 0.0300. The van der Waals surface area contributed by atoms with Crippen molar-refractivity contribution in [2.24, 2.45) is 5.73 Å². The van der Waals surface area contributed by atoms with Crippen molar-refractivity contribution in [3.8, 4) is 11.5 Å². The highest BCUT2D eigenvalue weighted by Gasteiger charge is 2.17. The van der Waals surface area contributed by atoms with Crippen LogP contribution in [-0.2, 0) is 6.54 Å². The molecule has 0 spiro atoms.